The molecule has 4 rings (SSSR count). The first kappa shape index (κ1) is 16.8. The maximum absolute atomic E-state index is 12.9. The van der Waals surface area contributed by atoms with Gasteiger partial charge in [-0.1, -0.05) is 36.4 Å². The average Bonchev–Trinajstić information content (AvgIpc) is 3.12. The number of rotatable bonds is 3. The molecule has 1 aliphatic rings. The van der Waals surface area contributed by atoms with E-state index in [1.807, 2.05) is 30.3 Å². The number of fused-ring (bicyclic) bond motifs is 1. The van der Waals surface area contributed by atoms with Crippen molar-refractivity contribution in [3.8, 4) is 0 Å². The molecule has 1 amide bonds. The van der Waals surface area contributed by atoms with Crippen molar-refractivity contribution in [2.45, 2.75) is 23.0 Å². The molecule has 0 saturated carbocycles. The summed E-state index contributed by atoms with van der Waals surface area (Å²) in [7, 11) is -3.34. The summed E-state index contributed by atoms with van der Waals surface area (Å²) in [6.07, 6.45) is 2.66. The molecule has 0 unspecified atom stereocenters. The molecular formula is C20H20N2O3S. The van der Waals surface area contributed by atoms with Gasteiger partial charge in [-0.2, -0.15) is 0 Å². The van der Waals surface area contributed by atoms with Crippen molar-refractivity contribution < 1.29 is 13.2 Å². The third-order valence-corrected chi connectivity index (χ3v) is 7.34. The first-order valence-corrected chi connectivity index (χ1v) is 10.3. The summed E-state index contributed by atoms with van der Waals surface area (Å²) in [5, 5.41) is 0.466. The van der Waals surface area contributed by atoms with Crippen LogP contribution in [0.15, 0.2) is 65.7 Å². The number of nitrogens with zero attached hydrogens (tertiary/aromatic N) is 1. The minimum atomic E-state index is -3.34. The van der Waals surface area contributed by atoms with Gasteiger partial charge in [-0.3, -0.25) is 4.79 Å². The lowest BCUT2D eigenvalue weighted by atomic mass is 10.1. The van der Waals surface area contributed by atoms with Gasteiger partial charge < -0.3 is 9.88 Å². The van der Waals surface area contributed by atoms with Crippen LogP contribution in [0, 0.1) is 0 Å². The van der Waals surface area contributed by atoms with Gasteiger partial charge in [-0.05, 0) is 31.0 Å². The fourth-order valence-corrected chi connectivity index (χ4v) is 5.34. The second-order valence-electron chi connectivity index (χ2n) is 6.60. The standard InChI is InChI=1S/C20H20N2O3S/c23-20(18-14-21-19-9-5-4-8-17(18)19)22-12-10-16(11-13-22)26(24,25)15-6-2-1-3-7-15/h1-9,14,16,21H,10-13H2. The molecule has 0 atom stereocenters. The second kappa shape index (κ2) is 6.61. The summed E-state index contributed by atoms with van der Waals surface area (Å²) in [6.45, 7) is 0.907. The Morgan fingerprint density at radius 2 is 1.62 bits per heavy atom. The Labute approximate surface area is 152 Å². The first-order valence-electron chi connectivity index (χ1n) is 8.72. The number of benzene rings is 2. The number of nitrogens with one attached hydrogen (secondary N) is 1. The molecule has 0 radical (unpaired) electrons. The monoisotopic (exact) mass is 368 g/mol. The maximum Gasteiger partial charge on any atom is 0.256 e. The molecule has 26 heavy (non-hydrogen) atoms. The number of carbonyl (C=O) groups excluding carboxylic acids is 1. The van der Waals surface area contributed by atoms with E-state index in [9.17, 15) is 13.2 Å². The molecule has 0 spiro atoms. The lowest BCUT2D eigenvalue weighted by molar-refractivity contribution is 0.0727. The Morgan fingerprint density at radius 3 is 2.35 bits per heavy atom. The van der Waals surface area contributed by atoms with Crippen LogP contribution in [0.1, 0.15) is 23.2 Å². The Bertz CT molecular complexity index is 1030. The lowest BCUT2D eigenvalue weighted by Gasteiger charge is -2.31. The van der Waals surface area contributed by atoms with Gasteiger partial charge in [-0.25, -0.2) is 8.42 Å². The van der Waals surface area contributed by atoms with Crippen LogP contribution in [-0.2, 0) is 9.84 Å². The van der Waals surface area contributed by atoms with Gasteiger partial charge in [0.05, 0.1) is 15.7 Å². The van der Waals surface area contributed by atoms with Gasteiger partial charge in [0.25, 0.3) is 5.91 Å². The van der Waals surface area contributed by atoms with E-state index in [1.165, 1.54) is 0 Å². The van der Waals surface area contributed by atoms with E-state index in [0.29, 0.717) is 36.4 Å². The Kier molecular flexibility index (Phi) is 4.28. The smallest absolute Gasteiger partial charge is 0.256 e. The number of piperidine rings is 1. The highest BCUT2D eigenvalue weighted by molar-refractivity contribution is 7.92. The molecule has 6 heteroatoms. The van der Waals surface area contributed by atoms with E-state index < -0.39 is 15.1 Å². The zero-order valence-electron chi connectivity index (χ0n) is 14.3. The molecular weight excluding hydrogens is 348 g/mol. The lowest BCUT2D eigenvalue weighted by Crippen LogP contribution is -2.42. The van der Waals surface area contributed by atoms with Crippen molar-refractivity contribution in [3.63, 3.8) is 0 Å². The highest BCUT2D eigenvalue weighted by Gasteiger charge is 2.33. The van der Waals surface area contributed by atoms with E-state index in [1.54, 1.807) is 35.4 Å². The highest BCUT2D eigenvalue weighted by Crippen LogP contribution is 2.26. The Morgan fingerprint density at radius 1 is 0.962 bits per heavy atom. The summed E-state index contributed by atoms with van der Waals surface area (Å²) in [4.78, 5) is 18.1. The topological polar surface area (TPSA) is 70.2 Å². The van der Waals surface area contributed by atoms with Crippen molar-refractivity contribution in [1.29, 1.82) is 0 Å². The van der Waals surface area contributed by atoms with Gasteiger partial charge in [0.15, 0.2) is 9.84 Å². The molecule has 0 bridgehead atoms. The van der Waals surface area contributed by atoms with E-state index in [-0.39, 0.29) is 5.91 Å². The van der Waals surface area contributed by atoms with Crippen LogP contribution < -0.4 is 0 Å². The number of H-pyrrole nitrogens is 1. The van der Waals surface area contributed by atoms with Crippen molar-refractivity contribution in [3.05, 3.63) is 66.4 Å². The van der Waals surface area contributed by atoms with Crippen molar-refractivity contribution in [2.75, 3.05) is 13.1 Å². The van der Waals surface area contributed by atoms with Crippen LogP contribution in [0.5, 0.6) is 0 Å². The summed E-state index contributed by atoms with van der Waals surface area (Å²) >= 11 is 0. The van der Waals surface area contributed by atoms with Crippen LogP contribution in [0.25, 0.3) is 10.9 Å². The molecule has 3 aromatic rings. The molecule has 5 nitrogen and oxygen atoms in total. The number of aromatic nitrogens is 1. The van der Waals surface area contributed by atoms with Crippen molar-refractivity contribution >= 4 is 26.6 Å². The zero-order valence-corrected chi connectivity index (χ0v) is 15.1. The van der Waals surface area contributed by atoms with Crippen LogP contribution >= 0.6 is 0 Å². The molecule has 2 aromatic carbocycles. The van der Waals surface area contributed by atoms with Crippen molar-refractivity contribution in [1.82, 2.24) is 9.88 Å². The average molecular weight is 368 g/mol. The number of carbonyl (C=O) groups is 1. The number of hydrogen-bond donors (Lipinski definition) is 1. The summed E-state index contributed by atoms with van der Waals surface area (Å²) in [6, 6.07) is 16.2. The quantitative estimate of drug-likeness (QED) is 0.771. The highest BCUT2D eigenvalue weighted by atomic mass is 32.2. The summed E-state index contributed by atoms with van der Waals surface area (Å²) in [5.41, 5.74) is 1.57. The van der Waals surface area contributed by atoms with E-state index >= 15 is 0 Å². The number of hydrogen-bond acceptors (Lipinski definition) is 3. The summed E-state index contributed by atoms with van der Waals surface area (Å²) in [5.74, 6) is -0.0435. The van der Waals surface area contributed by atoms with E-state index in [0.717, 1.165) is 10.9 Å². The molecule has 134 valence electrons. The Hall–Kier alpha value is -2.60. The van der Waals surface area contributed by atoms with Gasteiger partial charge in [0.2, 0.25) is 0 Å². The van der Waals surface area contributed by atoms with Gasteiger partial charge in [0.1, 0.15) is 0 Å². The van der Waals surface area contributed by atoms with E-state index in [2.05, 4.69) is 4.98 Å². The third kappa shape index (κ3) is 2.90. The van der Waals surface area contributed by atoms with E-state index in [4.69, 9.17) is 0 Å². The van der Waals surface area contributed by atoms with Crippen molar-refractivity contribution in [2.24, 2.45) is 0 Å². The van der Waals surface area contributed by atoms with Gasteiger partial charge in [0, 0.05) is 30.2 Å². The molecule has 1 N–H and O–H groups in total. The number of likely N-dealkylation sites (tertiary alicyclic amines) is 1. The molecule has 0 aliphatic carbocycles. The zero-order chi connectivity index (χ0) is 18.1. The largest absolute Gasteiger partial charge is 0.360 e. The van der Waals surface area contributed by atoms with Crippen LogP contribution in [-0.4, -0.2) is 42.5 Å². The van der Waals surface area contributed by atoms with Gasteiger partial charge >= 0.3 is 0 Å². The molecule has 1 saturated heterocycles. The third-order valence-electron chi connectivity index (χ3n) is 5.06. The summed E-state index contributed by atoms with van der Waals surface area (Å²) < 4.78 is 25.5. The predicted molar refractivity (Wildman–Crippen MR) is 101 cm³/mol. The fourth-order valence-electron chi connectivity index (χ4n) is 3.59. The van der Waals surface area contributed by atoms with Crippen LogP contribution in [0.4, 0.5) is 0 Å². The predicted octanol–water partition coefficient (Wildman–Crippen LogP) is 3.25. The Balaban J connectivity index is 1.49. The fraction of sp³-hybridized carbons (Fsp3) is 0.250. The molecule has 1 fully saturated rings. The first-order chi connectivity index (χ1) is 12.6. The molecule has 1 aromatic heterocycles. The van der Waals surface area contributed by atoms with Crippen LogP contribution in [0.3, 0.4) is 0 Å². The second-order valence-corrected chi connectivity index (χ2v) is 8.83. The molecule has 2 heterocycles. The van der Waals surface area contributed by atoms with Crippen LogP contribution in [0.2, 0.25) is 0 Å². The normalized spacial score (nSPS) is 16.1. The molecule has 1 aliphatic heterocycles. The number of sulfone groups is 1. The van der Waals surface area contributed by atoms with Gasteiger partial charge in [-0.15, -0.1) is 0 Å². The number of amides is 1. The minimum Gasteiger partial charge on any atom is -0.360 e. The SMILES string of the molecule is O=C(c1c[nH]c2ccccc12)N1CCC(S(=O)(=O)c2ccccc2)CC1. The minimum absolute atomic E-state index is 0.0435. The number of para-hydroxylation sites is 1. The number of aromatic amines is 1. The maximum atomic E-state index is 12.9.